The van der Waals surface area contributed by atoms with E-state index in [1.54, 1.807) is 0 Å². The molecule has 0 atom stereocenters. The number of rotatable bonds is 4. The second-order valence-electron chi connectivity index (χ2n) is 6.87. The Morgan fingerprint density at radius 2 is 1.78 bits per heavy atom. The fourth-order valence-corrected chi connectivity index (χ4v) is 3.25. The van der Waals surface area contributed by atoms with E-state index in [-0.39, 0.29) is 5.91 Å². The second kappa shape index (κ2) is 7.15. The number of nitrogens with zero attached hydrogens (tertiary/aromatic N) is 5. The second-order valence-corrected chi connectivity index (χ2v) is 6.87. The molecule has 0 unspecified atom stereocenters. The third-order valence-corrected chi connectivity index (χ3v) is 4.56. The van der Waals surface area contributed by atoms with Crippen LogP contribution >= 0.6 is 0 Å². The monoisotopic (exact) mass is 317 g/mol. The maximum Gasteiger partial charge on any atom is 0.227 e. The number of carbonyl (C=O) groups excluding carboxylic acids is 1. The summed E-state index contributed by atoms with van der Waals surface area (Å²) in [4.78, 5) is 27.8. The van der Waals surface area contributed by atoms with Gasteiger partial charge in [-0.3, -0.25) is 4.79 Å². The van der Waals surface area contributed by atoms with E-state index in [1.165, 1.54) is 12.8 Å². The molecule has 0 saturated carbocycles. The van der Waals surface area contributed by atoms with Gasteiger partial charge in [-0.1, -0.05) is 13.8 Å². The zero-order chi connectivity index (χ0) is 16.2. The lowest BCUT2D eigenvalue weighted by Crippen LogP contribution is -2.49. The summed E-state index contributed by atoms with van der Waals surface area (Å²) >= 11 is 0. The van der Waals surface area contributed by atoms with Crippen LogP contribution in [0, 0.1) is 5.92 Å². The van der Waals surface area contributed by atoms with Crippen molar-refractivity contribution in [2.45, 2.75) is 33.1 Å². The van der Waals surface area contributed by atoms with Crippen LogP contribution in [0.15, 0.2) is 12.3 Å². The highest BCUT2D eigenvalue weighted by Crippen LogP contribution is 2.20. The third-order valence-electron chi connectivity index (χ3n) is 4.56. The molecule has 126 valence electrons. The maximum absolute atomic E-state index is 12.2. The molecule has 1 aromatic heterocycles. The summed E-state index contributed by atoms with van der Waals surface area (Å²) in [6.07, 6.45) is 4.95. The van der Waals surface area contributed by atoms with Gasteiger partial charge in [-0.15, -0.1) is 0 Å². The van der Waals surface area contributed by atoms with E-state index in [9.17, 15) is 4.79 Å². The maximum atomic E-state index is 12.2. The molecular weight excluding hydrogens is 290 g/mol. The Balaban J connectivity index is 1.59. The van der Waals surface area contributed by atoms with E-state index in [1.807, 2.05) is 17.2 Å². The Hall–Kier alpha value is -1.85. The van der Waals surface area contributed by atoms with Crippen LogP contribution in [-0.4, -0.2) is 60.0 Å². The number of anilines is 2. The average Bonchev–Trinajstić information content (AvgIpc) is 3.09. The van der Waals surface area contributed by atoms with Crippen LogP contribution in [0.5, 0.6) is 0 Å². The Morgan fingerprint density at radius 1 is 1.09 bits per heavy atom. The van der Waals surface area contributed by atoms with Gasteiger partial charge in [0.15, 0.2) is 0 Å². The fraction of sp³-hybridized carbons (Fsp3) is 0.706. The fourth-order valence-electron chi connectivity index (χ4n) is 3.25. The molecule has 2 aliphatic rings. The lowest BCUT2D eigenvalue weighted by atomic mass is 10.1. The summed E-state index contributed by atoms with van der Waals surface area (Å²) in [5, 5.41) is 0. The summed E-state index contributed by atoms with van der Waals surface area (Å²) in [5.41, 5.74) is 0. The van der Waals surface area contributed by atoms with Gasteiger partial charge in [-0.2, -0.15) is 4.98 Å². The Labute approximate surface area is 138 Å². The minimum Gasteiger partial charge on any atom is -0.353 e. The summed E-state index contributed by atoms with van der Waals surface area (Å²) in [5.74, 6) is 2.53. The molecule has 0 N–H and O–H groups in total. The predicted octanol–water partition coefficient (Wildman–Crippen LogP) is 1.77. The molecular formula is C17H27N5O. The summed E-state index contributed by atoms with van der Waals surface area (Å²) < 4.78 is 0. The Bertz CT molecular complexity index is 534. The molecule has 2 aliphatic heterocycles. The summed E-state index contributed by atoms with van der Waals surface area (Å²) in [6, 6.07) is 1.98. The van der Waals surface area contributed by atoms with Crippen LogP contribution in [0.2, 0.25) is 0 Å². The van der Waals surface area contributed by atoms with Crippen molar-refractivity contribution in [1.29, 1.82) is 0 Å². The number of carbonyl (C=O) groups is 1. The van der Waals surface area contributed by atoms with Crippen LogP contribution in [-0.2, 0) is 4.79 Å². The van der Waals surface area contributed by atoms with Crippen molar-refractivity contribution in [3.63, 3.8) is 0 Å². The zero-order valence-corrected chi connectivity index (χ0v) is 14.2. The SMILES string of the molecule is CC(C)CC(=O)N1CCN(c2ccnc(N3CCCC3)n2)CC1. The van der Waals surface area contributed by atoms with E-state index in [0.717, 1.165) is 51.0 Å². The van der Waals surface area contributed by atoms with E-state index in [2.05, 4.69) is 28.6 Å². The van der Waals surface area contributed by atoms with Crippen LogP contribution in [0.1, 0.15) is 33.1 Å². The smallest absolute Gasteiger partial charge is 0.227 e. The molecule has 3 heterocycles. The van der Waals surface area contributed by atoms with E-state index in [0.29, 0.717) is 12.3 Å². The first kappa shape index (κ1) is 16.0. The standard InChI is InChI=1S/C17H27N5O/c1-14(2)13-16(23)21-11-9-20(10-12-21)15-5-6-18-17(19-15)22-7-3-4-8-22/h5-6,14H,3-4,7-13H2,1-2H3. The molecule has 3 rings (SSSR count). The van der Waals surface area contributed by atoms with Crippen molar-refractivity contribution in [2.24, 2.45) is 5.92 Å². The molecule has 0 bridgehead atoms. The zero-order valence-electron chi connectivity index (χ0n) is 14.2. The van der Waals surface area contributed by atoms with Crippen molar-refractivity contribution in [1.82, 2.24) is 14.9 Å². The summed E-state index contributed by atoms with van der Waals surface area (Å²) in [6.45, 7) is 9.56. The molecule has 1 aromatic rings. The van der Waals surface area contributed by atoms with Gasteiger partial charge in [0, 0.05) is 51.9 Å². The van der Waals surface area contributed by atoms with Gasteiger partial charge in [-0.05, 0) is 24.8 Å². The quantitative estimate of drug-likeness (QED) is 0.847. The van der Waals surface area contributed by atoms with Gasteiger partial charge in [0.1, 0.15) is 5.82 Å². The molecule has 0 radical (unpaired) electrons. The first-order valence-electron chi connectivity index (χ1n) is 8.74. The molecule has 6 nitrogen and oxygen atoms in total. The van der Waals surface area contributed by atoms with E-state index < -0.39 is 0 Å². The van der Waals surface area contributed by atoms with E-state index in [4.69, 9.17) is 4.98 Å². The van der Waals surface area contributed by atoms with Crippen molar-refractivity contribution < 1.29 is 4.79 Å². The Kier molecular flexibility index (Phi) is 4.98. The molecule has 1 amide bonds. The van der Waals surface area contributed by atoms with E-state index >= 15 is 0 Å². The highest BCUT2D eigenvalue weighted by Gasteiger charge is 2.23. The van der Waals surface area contributed by atoms with Crippen LogP contribution in [0.3, 0.4) is 0 Å². The van der Waals surface area contributed by atoms with Gasteiger partial charge in [0.05, 0.1) is 0 Å². The van der Waals surface area contributed by atoms with Gasteiger partial charge in [-0.25, -0.2) is 4.98 Å². The highest BCUT2D eigenvalue weighted by molar-refractivity contribution is 5.76. The Morgan fingerprint density at radius 3 is 2.43 bits per heavy atom. The molecule has 0 spiro atoms. The molecule has 2 saturated heterocycles. The van der Waals surface area contributed by atoms with Crippen molar-refractivity contribution >= 4 is 17.7 Å². The van der Waals surface area contributed by atoms with Crippen LogP contribution in [0.25, 0.3) is 0 Å². The number of hydrogen-bond donors (Lipinski definition) is 0. The predicted molar refractivity (Wildman–Crippen MR) is 91.7 cm³/mol. The first-order valence-corrected chi connectivity index (χ1v) is 8.74. The lowest BCUT2D eigenvalue weighted by molar-refractivity contribution is -0.132. The largest absolute Gasteiger partial charge is 0.353 e. The molecule has 2 fully saturated rings. The van der Waals surface area contributed by atoms with Gasteiger partial charge >= 0.3 is 0 Å². The minimum atomic E-state index is 0.278. The normalized spacial score (nSPS) is 18.8. The average molecular weight is 317 g/mol. The van der Waals surface area contributed by atoms with Crippen molar-refractivity contribution in [2.75, 3.05) is 49.1 Å². The lowest BCUT2D eigenvalue weighted by Gasteiger charge is -2.36. The molecule has 6 heteroatoms. The number of amides is 1. The molecule has 0 aliphatic carbocycles. The number of aromatic nitrogens is 2. The van der Waals surface area contributed by atoms with Gasteiger partial charge < -0.3 is 14.7 Å². The van der Waals surface area contributed by atoms with Crippen molar-refractivity contribution in [3.8, 4) is 0 Å². The van der Waals surface area contributed by atoms with Crippen LogP contribution in [0.4, 0.5) is 11.8 Å². The van der Waals surface area contributed by atoms with Crippen LogP contribution < -0.4 is 9.80 Å². The summed E-state index contributed by atoms with van der Waals surface area (Å²) in [7, 11) is 0. The van der Waals surface area contributed by atoms with Gasteiger partial charge in [0.2, 0.25) is 11.9 Å². The topological polar surface area (TPSA) is 52.6 Å². The van der Waals surface area contributed by atoms with Crippen molar-refractivity contribution in [3.05, 3.63) is 12.3 Å². The third kappa shape index (κ3) is 3.92. The number of piperazine rings is 1. The molecule has 0 aromatic carbocycles. The highest BCUT2D eigenvalue weighted by atomic mass is 16.2. The first-order chi connectivity index (χ1) is 11.1. The minimum absolute atomic E-state index is 0.278. The number of hydrogen-bond acceptors (Lipinski definition) is 5. The van der Waals surface area contributed by atoms with Gasteiger partial charge in [0.25, 0.3) is 0 Å². The molecule has 23 heavy (non-hydrogen) atoms.